The van der Waals surface area contributed by atoms with Crippen molar-refractivity contribution >= 4 is 11.7 Å². The van der Waals surface area contributed by atoms with Crippen LogP contribution in [0.4, 0.5) is 14.9 Å². The SMILES string of the molecule is O=C(Nc1ccc(C2CC2)cc1F)N(CCO)C1CCC1. The molecule has 3 rings (SSSR count). The van der Waals surface area contributed by atoms with Gasteiger partial charge in [0.25, 0.3) is 0 Å². The number of nitrogens with one attached hydrogen (secondary N) is 1. The van der Waals surface area contributed by atoms with Crippen molar-refractivity contribution < 1.29 is 14.3 Å². The molecule has 0 aromatic heterocycles. The van der Waals surface area contributed by atoms with Crippen LogP contribution in [0.2, 0.25) is 0 Å². The van der Waals surface area contributed by atoms with E-state index in [1.807, 2.05) is 6.07 Å². The predicted octanol–water partition coefficient (Wildman–Crippen LogP) is 3.08. The molecule has 1 aromatic rings. The van der Waals surface area contributed by atoms with Gasteiger partial charge in [0, 0.05) is 12.6 Å². The summed E-state index contributed by atoms with van der Waals surface area (Å²) in [5, 5.41) is 11.7. The first-order chi connectivity index (χ1) is 10.2. The molecule has 2 amide bonds. The summed E-state index contributed by atoms with van der Waals surface area (Å²) in [4.78, 5) is 13.9. The van der Waals surface area contributed by atoms with Gasteiger partial charge in [-0.1, -0.05) is 6.07 Å². The Labute approximate surface area is 124 Å². The number of hydrogen-bond acceptors (Lipinski definition) is 2. The van der Waals surface area contributed by atoms with Crippen molar-refractivity contribution in [1.29, 1.82) is 0 Å². The number of benzene rings is 1. The first-order valence-electron chi connectivity index (χ1n) is 7.67. The average molecular weight is 292 g/mol. The Kier molecular flexibility index (Phi) is 4.10. The van der Waals surface area contributed by atoms with E-state index in [2.05, 4.69) is 5.32 Å². The molecule has 2 saturated carbocycles. The smallest absolute Gasteiger partial charge is 0.322 e. The number of hydrogen-bond donors (Lipinski definition) is 2. The molecule has 1 aromatic carbocycles. The molecule has 2 aliphatic carbocycles. The summed E-state index contributed by atoms with van der Waals surface area (Å²) in [5.41, 5.74) is 1.23. The zero-order valence-corrected chi connectivity index (χ0v) is 12.0. The van der Waals surface area contributed by atoms with Gasteiger partial charge in [0.2, 0.25) is 0 Å². The van der Waals surface area contributed by atoms with E-state index in [1.54, 1.807) is 11.0 Å². The molecule has 114 valence electrons. The van der Waals surface area contributed by atoms with Gasteiger partial charge >= 0.3 is 6.03 Å². The van der Waals surface area contributed by atoms with Crippen LogP contribution in [-0.2, 0) is 0 Å². The Hall–Kier alpha value is -1.62. The minimum Gasteiger partial charge on any atom is -0.395 e. The van der Waals surface area contributed by atoms with Crippen LogP contribution in [0.15, 0.2) is 18.2 Å². The lowest BCUT2D eigenvalue weighted by Gasteiger charge is -2.37. The maximum atomic E-state index is 14.1. The fourth-order valence-corrected chi connectivity index (χ4v) is 2.75. The number of amides is 2. The van der Waals surface area contributed by atoms with Crippen molar-refractivity contribution in [3.8, 4) is 0 Å². The molecule has 0 radical (unpaired) electrons. The molecule has 0 heterocycles. The molecule has 2 fully saturated rings. The van der Waals surface area contributed by atoms with E-state index in [0.717, 1.165) is 37.7 Å². The topological polar surface area (TPSA) is 52.6 Å². The molecule has 0 spiro atoms. The van der Waals surface area contributed by atoms with E-state index in [0.29, 0.717) is 5.92 Å². The van der Waals surface area contributed by atoms with Gasteiger partial charge in [-0.3, -0.25) is 0 Å². The number of carbonyl (C=O) groups excluding carboxylic acids is 1. The Morgan fingerprint density at radius 3 is 2.62 bits per heavy atom. The van der Waals surface area contributed by atoms with E-state index >= 15 is 0 Å². The lowest BCUT2D eigenvalue weighted by molar-refractivity contribution is 0.127. The molecule has 0 atom stereocenters. The minimum absolute atomic E-state index is 0.0764. The molecule has 2 N–H and O–H groups in total. The largest absolute Gasteiger partial charge is 0.395 e. The zero-order chi connectivity index (χ0) is 14.8. The van der Waals surface area contributed by atoms with Crippen LogP contribution in [0.3, 0.4) is 0 Å². The standard InChI is InChI=1S/C16H21FN2O2/c17-14-10-12(11-4-5-11)6-7-15(14)18-16(21)19(8-9-20)13-2-1-3-13/h6-7,10-11,13,20H,1-5,8-9H2,(H,18,21). The van der Waals surface area contributed by atoms with E-state index < -0.39 is 0 Å². The van der Waals surface area contributed by atoms with E-state index in [9.17, 15) is 9.18 Å². The molecule has 0 bridgehead atoms. The maximum Gasteiger partial charge on any atom is 0.322 e. The van der Waals surface area contributed by atoms with Crippen molar-refractivity contribution in [3.05, 3.63) is 29.6 Å². The summed E-state index contributed by atoms with van der Waals surface area (Å²) in [6.07, 6.45) is 5.26. The molecule has 5 heteroatoms. The first-order valence-corrected chi connectivity index (χ1v) is 7.67. The van der Waals surface area contributed by atoms with Crippen LogP contribution < -0.4 is 5.32 Å². The molecule has 21 heavy (non-hydrogen) atoms. The monoisotopic (exact) mass is 292 g/mol. The zero-order valence-electron chi connectivity index (χ0n) is 12.0. The third-order valence-electron chi connectivity index (χ3n) is 4.40. The summed E-state index contributed by atoms with van der Waals surface area (Å²) >= 11 is 0. The van der Waals surface area contributed by atoms with Gasteiger partial charge in [0.05, 0.1) is 12.3 Å². The van der Waals surface area contributed by atoms with Crippen molar-refractivity contribution in [3.63, 3.8) is 0 Å². The summed E-state index contributed by atoms with van der Waals surface area (Å²) in [7, 11) is 0. The van der Waals surface area contributed by atoms with Crippen LogP contribution in [0.1, 0.15) is 43.6 Å². The highest BCUT2D eigenvalue weighted by Crippen LogP contribution is 2.40. The summed E-state index contributed by atoms with van der Waals surface area (Å²) in [6, 6.07) is 4.89. The number of nitrogens with zero attached hydrogens (tertiary/aromatic N) is 1. The van der Waals surface area contributed by atoms with Gasteiger partial charge in [0.15, 0.2) is 0 Å². The van der Waals surface area contributed by atoms with Crippen molar-refractivity contribution in [2.45, 2.75) is 44.1 Å². The number of urea groups is 1. The maximum absolute atomic E-state index is 14.1. The van der Waals surface area contributed by atoms with E-state index in [1.165, 1.54) is 6.07 Å². The highest BCUT2D eigenvalue weighted by molar-refractivity contribution is 5.89. The second kappa shape index (κ2) is 6.02. The number of rotatable bonds is 5. The third-order valence-corrected chi connectivity index (χ3v) is 4.40. The lowest BCUT2D eigenvalue weighted by Crippen LogP contribution is -2.47. The fraction of sp³-hybridized carbons (Fsp3) is 0.562. The van der Waals surface area contributed by atoms with Crippen LogP contribution >= 0.6 is 0 Å². The first kappa shape index (κ1) is 14.3. The van der Waals surface area contributed by atoms with Crippen molar-refractivity contribution in [2.75, 3.05) is 18.5 Å². The third kappa shape index (κ3) is 3.18. The molecule has 4 nitrogen and oxygen atoms in total. The summed E-state index contributed by atoms with van der Waals surface area (Å²) in [6.45, 7) is 0.214. The Bertz CT molecular complexity index is 527. The number of aliphatic hydroxyl groups excluding tert-OH is 1. The van der Waals surface area contributed by atoms with Gasteiger partial charge in [-0.15, -0.1) is 0 Å². The molecule has 0 aliphatic heterocycles. The second-order valence-electron chi connectivity index (χ2n) is 5.95. The van der Waals surface area contributed by atoms with Crippen molar-refractivity contribution in [2.24, 2.45) is 0 Å². The Morgan fingerprint density at radius 1 is 1.33 bits per heavy atom. The van der Waals surface area contributed by atoms with E-state index in [-0.39, 0.29) is 36.7 Å². The van der Waals surface area contributed by atoms with Gasteiger partial charge in [-0.25, -0.2) is 9.18 Å². The van der Waals surface area contributed by atoms with Gasteiger partial charge < -0.3 is 15.3 Å². The summed E-state index contributed by atoms with van der Waals surface area (Å²) in [5.74, 6) is 0.107. The van der Waals surface area contributed by atoms with Crippen molar-refractivity contribution in [1.82, 2.24) is 4.90 Å². The molecular formula is C16H21FN2O2. The van der Waals surface area contributed by atoms with Crippen LogP contribution in [0, 0.1) is 5.82 Å². The Balaban J connectivity index is 1.67. The number of halogens is 1. The quantitative estimate of drug-likeness (QED) is 0.876. The second-order valence-corrected chi connectivity index (χ2v) is 5.95. The highest BCUT2D eigenvalue weighted by Gasteiger charge is 2.29. The molecule has 0 saturated heterocycles. The summed E-state index contributed by atoms with van der Waals surface area (Å²) < 4.78 is 14.1. The predicted molar refractivity (Wildman–Crippen MR) is 78.8 cm³/mol. The molecule has 2 aliphatic rings. The van der Waals surface area contributed by atoms with Gasteiger partial charge in [-0.05, 0) is 55.7 Å². The normalized spacial score (nSPS) is 18.2. The van der Waals surface area contributed by atoms with Crippen LogP contribution in [0.5, 0.6) is 0 Å². The molecule has 0 unspecified atom stereocenters. The molecular weight excluding hydrogens is 271 g/mol. The van der Waals surface area contributed by atoms with Gasteiger partial charge in [-0.2, -0.15) is 0 Å². The van der Waals surface area contributed by atoms with E-state index in [4.69, 9.17) is 5.11 Å². The minimum atomic E-state index is -0.384. The average Bonchev–Trinajstić information content (AvgIpc) is 3.23. The number of aliphatic hydroxyl groups is 1. The number of carbonyl (C=O) groups is 1. The van der Waals surface area contributed by atoms with Crippen LogP contribution in [0.25, 0.3) is 0 Å². The fourth-order valence-electron chi connectivity index (χ4n) is 2.75. The number of anilines is 1. The Morgan fingerprint density at radius 2 is 2.10 bits per heavy atom. The van der Waals surface area contributed by atoms with Crippen LogP contribution in [-0.4, -0.2) is 35.2 Å². The van der Waals surface area contributed by atoms with Gasteiger partial charge in [0.1, 0.15) is 5.82 Å². The lowest BCUT2D eigenvalue weighted by atomic mass is 9.92. The highest BCUT2D eigenvalue weighted by atomic mass is 19.1.